The summed E-state index contributed by atoms with van der Waals surface area (Å²) in [6.45, 7) is 0.733. The Morgan fingerprint density at radius 2 is 1.71 bits per heavy atom. The third kappa shape index (κ3) is 5.07. The Balaban J connectivity index is 1.47. The van der Waals surface area contributed by atoms with E-state index in [4.69, 9.17) is 16.3 Å². The van der Waals surface area contributed by atoms with Crippen molar-refractivity contribution in [3.63, 3.8) is 0 Å². The van der Waals surface area contributed by atoms with Crippen molar-refractivity contribution >= 4 is 23.5 Å². The summed E-state index contributed by atoms with van der Waals surface area (Å²) in [6.07, 6.45) is 2.74. The molecule has 2 aromatic carbocycles. The molecule has 28 heavy (non-hydrogen) atoms. The first-order valence-corrected chi connectivity index (χ1v) is 9.45. The van der Waals surface area contributed by atoms with E-state index in [1.54, 1.807) is 4.90 Å². The zero-order chi connectivity index (χ0) is 20.1. The van der Waals surface area contributed by atoms with Gasteiger partial charge in [-0.1, -0.05) is 41.9 Å². The number of likely N-dealkylation sites (tertiary alicyclic amines) is 1. The minimum Gasteiger partial charge on any atom is -0.452 e. The number of hydrogen-bond donors (Lipinski definition) is 0. The van der Waals surface area contributed by atoms with Gasteiger partial charge in [-0.2, -0.15) is 0 Å². The number of benzene rings is 2. The molecule has 1 aliphatic rings. The Morgan fingerprint density at radius 1 is 1.07 bits per heavy atom. The summed E-state index contributed by atoms with van der Waals surface area (Å²) >= 11 is 5.74. The Morgan fingerprint density at radius 3 is 2.39 bits per heavy atom. The molecular weight excluding hydrogens is 388 g/mol. The summed E-state index contributed by atoms with van der Waals surface area (Å²) in [7, 11) is 0. The molecule has 2 aromatic rings. The molecule has 4 nitrogen and oxygen atoms in total. The van der Waals surface area contributed by atoms with E-state index >= 15 is 0 Å². The van der Waals surface area contributed by atoms with Gasteiger partial charge >= 0.3 is 5.97 Å². The first-order valence-electron chi connectivity index (χ1n) is 9.07. The topological polar surface area (TPSA) is 46.6 Å². The van der Waals surface area contributed by atoms with Gasteiger partial charge in [0, 0.05) is 13.1 Å². The maximum absolute atomic E-state index is 13.3. The Hall–Kier alpha value is -2.47. The molecule has 7 heteroatoms. The summed E-state index contributed by atoms with van der Waals surface area (Å²) in [4.78, 5) is 25.9. The molecule has 1 saturated heterocycles. The molecule has 0 unspecified atom stereocenters. The van der Waals surface area contributed by atoms with Crippen molar-refractivity contribution in [1.82, 2.24) is 4.90 Å². The average molecular weight is 408 g/mol. The molecule has 0 saturated carbocycles. The fraction of sp³-hybridized carbons (Fsp3) is 0.333. The molecule has 1 heterocycles. The lowest BCUT2D eigenvalue weighted by Gasteiger charge is -2.32. The number of piperidine rings is 1. The van der Waals surface area contributed by atoms with E-state index in [9.17, 15) is 18.4 Å². The number of hydrogen-bond acceptors (Lipinski definition) is 3. The van der Waals surface area contributed by atoms with Crippen LogP contribution in [0.25, 0.3) is 0 Å². The first-order chi connectivity index (χ1) is 13.4. The molecule has 0 N–H and O–H groups in total. The fourth-order valence-corrected chi connectivity index (χ4v) is 3.54. The standard InChI is InChI=1S/C21H20ClF2NO3/c22-17-12-19(24)18(23)11-16(17)21(27)28-13-20(26)25-8-6-15(7-9-25)10-14-4-2-1-3-5-14/h1-5,11-12,15H,6-10,13H2. The summed E-state index contributed by atoms with van der Waals surface area (Å²) < 4.78 is 31.3. The van der Waals surface area contributed by atoms with Crippen LogP contribution in [0.3, 0.4) is 0 Å². The van der Waals surface area contributed by atoms with Crippen molar-refractivity contribution in [1.29, 1.82) is 0 Å². The Labute approximate surface area is 167 Å². The second kappa shape index (κ2) is 9.15. The van der Waals surface area contributed by atoms with Crippen LogP contribution in [0.5, 0.6) is 0 Å². The predicted octanol–water partition coefficient (Wildman–Crippen LogP) is 4.26. The van der Waals surface area contributed by atoms with Gasteiger partial charge in [-0.15, -0.1) is 0 Å². The highest BCUT2D eigenvalue weighted by atomic mass is 35.5. The SMILES string of the molecule is O=C(OCC(=O)N1CCC(Cc2ccccc2)CC1)c1cc(F)c(F)cc1Cl. The fourth-order valence-electron chi connectivity index (χ4n) is 3.31. The minimum absolute atomic E-state index is 0.266. The van der Waals surface area contributed by atoms with Crippen molar-refractivity contribution in [2.45, 2.75) is 19.3 Å². The Kier molecular flexibility index (Phi) is 6.62. The van der Waals surface area contributed by atoms with Crippen LogP contribution < -0.4 is 0 Å². The summed E-state index contributed by atoms with van der Waals surface area (Å²) in [5.41, 5.74) is 0.972. The van der Waals surface area contributed by atoms with Gasteiger partial charge in [0.2, 0.25) is 0 Å². The molecule has 148 valence electrons. The van der Waals surface area contributed by atoms with Crippen LogP contribution in [0.1, 0.15) is 28.8 Å². The zero-order valence-electron chi connectivity index (χ0n) is 15.2. The van der Waals surface area contributed by atoms with Gasteiger partial charge in [0.25, 0.3) is 5.91 Å². The van der Waals surface area contributed by atoms with E-state index in [1.807, 2.05) is 18.2 Å². The van der Waals surface area contributed by atoms with Gasteiger partial charge in [-0.3, -0.25) is 4.79 Å². The number of esters is 1. The highest BCUT2D eigenvalue weighted by molar-refractivity contribution is 6.33. The van der Waals surface area contributed by atoms with E-state index in [0.717, 1.165) is 19.3 Å². The summed E-state index contributed by atoms with van der Waals surface area (Å²) in [6, 6.07) is 11.6. The largest absolute Gasteiger partial charge is 0.452 e. The number of ether oxygens (including phenoxy) is 1. The average Bonchev–Trinajstić information content (AvgIpc) is 2.70. The second-order valence-electron chi connectivity index (χ2n) is 6.84. The number of carbonyl (C=O) groups is 2. The van der Waals surface area contributed by atoms with Crippen LogP contribution in [-0.2, 0) is 16.0 Å². The molecule has 1 fully saturated rings. The minimum atomic E-state index is -1.21. The van der Waals surface area contributed by atoms with E-state index in [2.05, 4.69) is 12.1 Å². The molecular formula is C21H20ClF2NO3. The van der Waals surface area contributed by atoms with Gasteiger partial charge in [-0.25, -0.2) is 13.6 Å². The van der Waals surface area contributed by atoms with Crippen LogP contribution in [0, 0.1) is 17.6 Å². The zero-order valence-corrected chi connectivity index (χ0v) is 15.9. The van der Waals surface area contributed by atoms with Crippen molar-refractivity contribution in [2.24, 2.45) is 5.92 Å². The third-order valence-electron chi connectivity index (χ3n) is 4.89. The third-order valence-corrected chi connectivity index (χ3v) is 5.20. The van der Waals surface area contributed by atoms with E-state index < -0.39 is 24.2 Å². The van der Waals surface area contributed by atoms with Crippen LogP contribution in [0.2, 0.25) is 5.02 Å². The van der Waals surface area contributed by atoms with Crippen molar-refractivity contribution in [3.8, 4) is 0 Å². The van der Waals surface area contributed by atoms with Crippen molar-refractivity contribution in [2.75, 3.05) is 19.7 Å². The van der Waals surface area contributed by atoms with E-state index in [-0.39, 0.29) is 16.5 Å². The van der Waals surface area contributed by atoms with Crippen LogP contribution in [0.15, 0.2) is 42.5 Å². The quantitative estimate of drug-likeness (QED) is 0.549. The van der Waals surface area contributed by atoms with Gasteiger partial charge in [0.1, 0.15) is 0 Å². The molecule has 0 aromatic heterocycles. The predicted molar refractivity (Wildman–Crippen MR) is 101 cm³/mol. The molecule has 0 radical (unpaired) electrons. The van der Waals surface area contributed by atoms with Crippen molar-refractivity contribution < 1.29 is 23.1 Å². The number of nitrogens with zero attached hydrogens (tertiary/aromatic N) is 1. The lowest BCUT2D eigenvalue weighted by molar-refractivity contribution is -0.135. The molecule has 1 aliphatic heterocycles. The van der Waals surface area contributed by atoms with Gasteiger partial charge in [-0.05, 0) is 42.9 Å². The first kappa shape index (κ1) is 20.3. The number of halogens is 3. The van der Waals surface area contributed by atoms with E-state index in [0.29, 0.717) is 31.1 Å². The molecule has 0 bridgehead atoms. The summed E-state index contributed by atoms with van der Waals surface area (Å²) in [5.74, 6) is -3.13. The summed E-state index contributed by atoms with van der Waals surface area (Å²) in [5, 5.41) is -0.266. The van der Waals surface area contributed by atoms with Gasteiger partial charge < -0.3 is 9.64 Å². The lowest BCUT2D eigenvalue weighted by Crippen LogP contribution is -2.41. The number of amides is 1. The van der Waals surface area contributed by atoms with Crippen molar-refractivity contribution in [3.05, 3.63) is 70.2 Å². The number of carbonyl (C=O) groups excluding carboxylic acids is 2. The molecule has 3 rings (SSSR count). The van der Waals surface area contributed by atoms with E-state index in [1.165, 1.54) is 5.56 Å². The highest BCUT2D eigenvalue weighted by Crippen LogP contribution is 2.23. The normalized spacial score (nSPS) is 14.8. The lowest BCUT2D eigenvalue weighted by atomic mass is 9.90. The highest BCUT2D eigenvalue weighted by Gasteiger charge is 2.24. The smallest absolute Gasteiger partial charge is 0.340 e. The maximum atomic E-state index is 13.3. The monoisotopic (exact) mass is 407 g/mol. The number of rotatable bonds is 5. The molecule has 0 spiro atoms. The Bertz CT molecular complexity index is 852. The van der Waals surface area contributed by atoms with Gasteiger partial charge in [0.05, 0.1) is 10.6 Å². The second-order valence-corrected chi connectivity index (χ2v) is 7.24. The van der Waals surface area contributed by atoms with Crippen LogP contribution in [-0.4, -0.2) is 36.5 Å². The maximum Gasteiger partial charge on any atom is 0.340 e. The molecule has 1 amide bonds. The molecule has 0 atom stereocenters. The van der Waals surface area contributed by atoms with Crippen LogP contribution in [0.4, 0.5) is 8.78 Å². The van der Waals surface area contributed by atoms with Crippen LogP contribution >= 0.6 is 11.6 Å². The molecule has 0 aliphatic carbocycles. The van der Waals surface area contributed by atoms with Gasteiger partial charge in [0.15, 0.2) is 18.2 Å².